The van der Waals surface area contributed by atoms with Gasteiger partial charge in [0.25, 0.3) is 11.8 Å². The van der Waals surface area contributed by atoms with Gasteiger partial charge in [-0.25, -0.2) is 9.80 Å². The number of nitriles is 1. The van der Waals surface area contributed by atoms with E-state index in [1.807, 2.05) is 6.07 Å². The summed E-state index contributed by atoms with van der Waals surface area (Å²) in [5.74, 6) is -4.27. The number of esters is 1. The van der Waals surface area contributed by atoms with Crippen molar-refractivity contribution in [3.8, 4) is 11.8 Å². The lowest BCUT2D eigenvalue weighted by molar-refractivity contribution is -0.139. The maximum atomic E-state index is 13.1. The highest BCUT2D eigenvalue weighted by molar-refractivity contribution is 6.00. The van der Waals surface area contributed by atoms with E-state index in [1.165, 1.54) is 14.2 Å². The Bertz CT molecular complexity index is 1070. The molecule has 2 aromatic rings. The van der Waals surface area contributed by atoms with E-state index in [9.17, 15) is 19.6 Å². The highest BCUT2D eigenvalue weighted by atomic mass is 16.5. The van der Waals surface area contributed by atoms with E-state index in [0.29, 0.717) is 11.3 Å². The third-order valence-corrected chi connectivity index (χ3v) is 4.92. The summed E-state index contributed by atoms with van der Waals surface area (Å²) >= 11 is 0. The maximum absolute atomic E-state index is 13.1. The number of hydrogen-bond donors (Lipinski definition) is 2. The van der Waals surface area contributed by atoms with Gasteiger partial charge in [-0.05, 0) is 29.8 Å². The molecule has 0 bridgehead atoms. The maximum Gasteiger partial charge on any atom is 0.338 e. The summed E-state index contributed by atoms with van der Waals surface area (Å²) in [6.07, 6.45) is 0. The Balaban J connectivity index is 2.08. The van der Waals surface area contributed by atoms with Crippen molar-refractivity contribution in [3.05, 3.63) is 77.1 Å². The van der Waals surface area contributed by atoms with Gasteiger partial charge in [0.1, 0.15) is 17.5 Å². The number of benzene rings is 2. The van der Waals surface area contributed by atoms with Crippen LogP contribution in [0, 0.1) is 17.2 Å². The van der Waals surface area contributed by atoms with Crippen molar-refractivity contribution in [2.45, 2.75) is 5.92 Å². The molecule has 2 unspecified atom stereocenters. The summed E-state index contributed by atoms with van der Waals surface area (Å²) in [6, 6.07) is 16.6. The summed E-state index contributed by atoms with van der Waals surface area (Å²) in [5.41, 5.74) is 9.20. The van der Waals surface area contributed by atoms with Crippen LogP contribution < -0.4 is 15.9 Å². The van der Waals surface area contributed by atoms with Crippen molar-refractivity contribution >= 4 is 17.8 Å². The molecular formula is C22H20N4O5. The van der Waals surface area contributed by atoms with Gasteiger partial charge in [0, 0.05) is 11.5 Å². The number of nitrogens with two attached hydrogens (primary N) is 1. The molecule has 0 aliphatic carbocycles. The lowest BCUT2D eigenvalue weighted by Gasteiger charge is -2.36. The number of carbonyl (C=O) groups is 3. The van der Waals surface area contributed by atoms with Crippen LogP contribution in [0.4, 0.5) is 0 Å². The fourth-order valence-electron chi connectivity index (χ4n) is 3.36. The molecule has 31 heavy (non-hydrogen) atoms. The predicted molar refractivity (Wildman–Crippen MR) is 109 cm³/mol. The van der Waals surface area contributed by atoms with Gasteiger partial charge in [-0.3, -0.25) is 15.0 Å². The largest absolute Gasteiger partial charge is 0.497 e. The van der Waals surface area contributed by atoms with E-state index in [2.05, 4.69) is 5.43 Å². The van der Waals surface area contributed by atoms with Gasteiger partial charge < -0.3 is 15.2 Å². The first kappa shape index (κ1) is 21.4. The average molecular weight is 420 g/mol. The van der Waals surface area contributed by atoms with Gasteiger partial charge in [0.2, 0.25) is 0 Å². The Morgan fingerprint density at radius 1 is 1.10 bits per heavy atom. The first-order valence-corrected chi connectivity index (χ1v) is 9.24. The number of hydrogen-bond acceptors (Lipinski definition) is 7. The normalized spacial score (nSPS) is 18.2. The minimum atomic E-state index is -1.33. The fraction of sp³-hybridized carbons (Fsp3) is 0.182. The Labute approximate surface area is 178 Å². The average Bonchev–Trinajstić information content (AvgIpc) is 2.81. The molecular weight excluding hydrogens is 400 g/mol. The molecule has 2 aromatic carbocycles. The van der Waals surface area contributed by atoms with Gasteiger partial charge in [-0.15, -0.1) is 0 Å². The minimum Gasteiger partial charge on any atom is -0.497 e. The third-order valence-electron chi connectivity index (χ3n) is 4.92. The van der Waals surface area contributed by atoms with E-state index in [4.69, 9.17) is 15.2 Å². The van der Waals surface area contributed by atoms with E-state index >= 15 is 0 Å². The van der Waals surface area contributed by atoms with Crippen LogP contribution in [0.3, 0.4) is 0 Å². The zero-order valence-electron chi connectivity index (χ0n) is 16.9. The van der Waals surface area contributed by atoms with Crippen molar-refractivity contribution in [3.63, 3.8) is 0 Å². The highest BCUT2D eigenvalue weighted by Crippen LogP contribution is 2.39. The SMILES string of the molecule is COC(=O)C1=C(N)N(NC(=O)c2ccccc2)C(=O)C(C#N)C1c1ccc(OC)cc1. The smallest absolute Gasteiger partial charge is 0.338 e. The summed E-state index contributed by atoms with van der Waals surface area (Å²) in [6.45, 7) is 0. The number of carbonyl (C=O) groups excluding carboxylic acids is 3. The topological polar surface area (TPSA) is 135 Å². The molecule has 9 heteroatoms. The molecule has 1 aliphatic rings. The number of nitrogens with zero attached hydrogens (tertiary/aromatic N) is 2. The Morgan fingerprint density at radius 3 is 2.29 bits per heavy atom. The van der Waals surface area contributed by atoms with Crippen LogP contribution in [-0.2, 0) is 14.3 Å². The monoisotopic (exact) mass is 420 g/mol. The Hall–Kier alpha value is -4.32. The lowest BCUT2D eigenvalue weighted by Crippen LogP contribution is -2.55. The zero-order valence-corrected chi connectivity index (χ0v) is 16.9. The number of ether oxygens (including phenoxy) is 2. The molecule has 1 aliphatic heterocycles. The standard InChI is InChI=1S/C22H20N4O5/c1-30-15-10-8-13(9-11-15)17-16(12-23)21(28)26(19(24)18(17)22(29)31-2)25-20(27)14-6-4-3-5-7-14/h3-11,16-17H,24H2,1-2H3,(H,25,27). The van der Waals surface area contributed by atoms with Gasteiger partial charge >= 0.3 is 5.97 Å². The molecule has 158 valence electrons. The van der Waals surface area contributed by atoms with Gasteiger partial charge in [-0.1, -0.05) is 30.3 Å². The minimum absolute atomic E-state index is 0.104. The molecule has 0 saturated carbocycles. The highest BCUT2D eigenvalue weighted by Gasteiger charge is 2.46. The summed E-state index contributed by atoms with van der Waals surface area (Å²) in [7, 11) is 2.67. The lowest BCUT2D eigenvalue weighted by atomic mass is 9.78. The van der Waals surface area contributed by atoms with Crippen molar-refractivity contribution in [1.29, 1.82) is 5.26 Å². The van der Waals surface area contributed by atoms with Crippen LogP contribution in [-0.4, -0.2) is 37.0 Å². The Morgan fingerprint density at radius 2 is 1.74 bits per heavy atom. The molecule has 0 fully saturated rings. The summed E-state index contributed by atoms with van der Waals surface area (Å²) < 4.78 is 10.00. The fourth-order valence-corrected chi connectivity index (χ4v) is 3.36. The third kappa shape index (κ3) is 4.04. The quantitative estimate of drug-likeness (QED) is 0.699. The van der Waals surface area contributed by atoms with E-state index in [0.717, 1.165) is 5.01 Å². The van der Waals surface area contributed by atoms with Crippen molar-refractivity contribution in [2.75, 3.05) is 14.2 Å². The number of hydrazine groups is 1. The van der Waals surface area contributed by atoms with Crippen molar-refractivity contribution in [2.24, 2.45) is 11.7 Å². The summed E-state index contributed by atoms with van der Waals surface area (Å²) in [4.78, 5) is 38.3. The second-order valence-electron chi connectivity index (χ2n) is 6.63. The second kappa shape index (κ2) is 9.00. The molecule has 3 N–H and O–H groups in total. The van der Waals surface area contributed by atoms with E-state index in [1.54, 1.807) is 54.6 Å². The number of amides is 2. The van der Waals surface area contributed by atoms with Gasteiger partial charge in [0.15, 0.2) is 0 Å². The molecule has 1 heterocycles. The zero-order chi connectivity index (χ0) is 22.5. The number of nitrogens with one attached hydrogen (secondary N) is 1. The van der Waals surface area contributed by atoms with Crippen LogP contribution >= 0.6 is 0 Å². The van der Waals surface area contributed by atoms with Gasteiger partial charge in [-0.2, -0.15) is 5.26 Å². The summed E-state index contributed by atoms with van der Waals surface area (Å²) in [5, 5.41) is 10.5. The second-order valence-corrected chi connectivity index (χ2v) is 6.63. The molecule has 3 rings (SSSR count). The predicted octanol–water partition coefficient (Wildman–Crippen LogP) is 1.45. The van der Waals surface area contributed by atoms with Crippen LogP contribution in [0.1, 0.15) is 21.8 Å². The van der Waals surface area contributed by atoms with E-state index in [-0.39, 0.29) is 17.0 Å². The van der Waals surface area contributed by atoms with Crippen LogP contribution in [0.15, 0.2) is 66.0 Å². The van der Waals surface area contributed by atoms with Crippen molar-refractivity contribution < 1.29 is 23.9 Å². The van der Waals surface area contributed by atoms with Crippen LogP contribution in [0.25, 0.3) is 0 Å². The van der Waals surface area contributed by atoms with Crippen LogP contribution in [0.2, 0.25) is 0 Å². The molecule has 0 aromatic heterocycles. The van der Waals surface area contributed by atoms with E-state index < -0.39 is 29.6 Å². The molecule has 0 spiro atoms. The number of methoxy groups -OCH3 is 2. The Kier molecular flexibility index (Phi) is 6.21. The first-order chi connectivity index (χ1) is 14.9. The van der Waals surface area contributed by atoms with Gasteiger partial charge in [0.05, 0.1) is 25.9 Å². The van der Waals surface area contributed by atoms with Crippen molar-refractivity contribution in [1.82, 2.24) is 10.4 Å². The first-order valence-electron chi connectivity index (χ1n) is 9.24. The van der Waals surface area contributed by atoms with Crippen LogP contribution in [0.5, 0.6) is 5.75 Å². The molecule has 0 saturated heterocycles. The molecule has 9 nitrogen and oxygen atoms in total. The number of rotatable bonds is 5. The molecule has 2 amide bonds. The molecule has 2 atom stereocenters. The molecule has 0 radical (unpaired) electrons.